The molecule has 1 N–H and O–H groups in total. The molecule has 0 radical (unpaired) electrons. The van der Waals surface area contributed by atoms with Crippen LogP contribution in [0.5, 0.6) is 5.75 Å². The van der Waals surface area contributed by atoms with E-state index in [0.717, 1.165) is 28.7 Å². The molecule has 30 heavy (non-hydrogen) atoms. The van der Waals surface area contributed by atoms with E-state index in [1.54, 1.807) is 4.90 Å². The largest absolute Gasteiger partial charge is 0.478 e. The Balaban J connectivity index is 1.64. The lowest BCUT2D eigenvalue weighted by molar-refractivity contribution is -0.152. The van der Waals surface area contributed by atoms with E-state index in [0.29, 0.717) is 18.8 Å². The van der Waals surface area contributed by atoms with Gasteiger partial charge in [0.1, 0.15) is 12.4 Å². The van der Waals surface area contributed by atoms with Gasteiger partial charge in [-0.1, -0.05) is 42.5 Å². The minimum atomic E-state index is -1.30. The molecule has 2 aromatic rings. The molecule has 1 saturated heterocycles. The molecule has 3 rings (SSSR count). The Morgan fingerprint density at radius 1 is 1.13 bits per heavy atom. The Morgan fingerprint density at radius 2 is 1.77 bits per heavy atom. The molecule has 6 heteroatoms. The van der Waals surface area contributed by atoms with Crippen LogP contribution in [0.1, 0.15) is 48.4 Å². The van der Waals surface area contributed by atoms with Gasteiger partial charge in [-0.15, -0.1) is 0 Å². The third-order valence-corrected chi connectivity index (χ3v) is 5.48. The van der Waals surface area contributed by atoms with Crippen LogP contribution in [0.25, 0.3) is 0 Å². The van der Waals surface area contributed by atoms with E-state index in [2.05, 4.69) is 0 Å². The van der Waals surface area contributed by atoms with Crippen molar-refractivity contribution in [2.24, 2.45) is 0 Å². The molecule has 1 atom stereocenters. The summed E-state index contributed by atoms with van der Waals surface area (Å²) in [6, 6.07) is 13.7. The van der Waals surface area contributed by atoms with Crippen molar-refractivity contribution in [2.45, 2.75) is 52.2 Å². The second kappa shape index (κ2) is 8.78. The van der Waals surface area contributed by atoms with E-state index in [1.807, 2.05) is 56.3 Å². The van der Waals surface area contributed by atoms with Crippen LogP contribution in [-0.2, 0) is 16.1 Å². The van der Waals surface area contributed by atoms with Crippen molar-refractivity contribution in [3.63, 3.8) is 0 Å². The van der Waals surface area contributed by atoms with Crippen LogP contribution >= 0.6 is 0 Å². The van der Waals surface area contributed by atoms with Crippen molar-refractivity contribution >= 4 is 12.1 Å². The highest BCUT2D eigenvalue weighted by molar-refractivity contribution is 5.77. The van der Waals surface area contributed by atoms with Gasteiger partial charge in [-0.05, 0) is 56.4 Å². The van der Waals surface area contributed by atoms with Gasteiger partial charge < -0.3 is 19.5 Å². The first-order chi connectivity index (χ1) is 14.2. The Labute approximate surface area is 177 Å². The summed E-state index contributed by atoms with van der Waals surface area (Å²) in [5, 5.41) is 9.33. The Morgan fingerprint density at radius 3 is 2.37 bits per heavy atom. The van der Waals surface area contributed by atoms with Crippen molar-refractivity contribution in [3.05, 3.63) is 64.7 Å². The smallest absolute Gasteiger partial charge is 0.410 e. The number of rotatable bonds is 6. The number of aliphatic carboxylic acids is 1. The van der Waals surface area contributed by atoms with Gasteiger partial charge in [0.05, 0.1) is 0 Å². The van der Waals surface area contributed by atoms with E-state index in [-0.39, 0.29) is 18.6 Å². The van der Waals surface area contributed by atoms with E-state index >= 15 is 0 Å². The Kier molecular flexibility index (Phi) is 6.34. The highest BCUT2D eigenvalue weighted by atomic mass is 16.6. The van der Waals surface area contributed by atoms with Gasteiger partial charge in [0, 0.05) is 19.0 Å². The summed E-state index contributed by atoms with van der Waals surface area (Å²) in [6.45, 7) is 8.45. The van der Waals surface area contributed by atoms with Crippen LogP contribution in [0.15, 0.2) is 42.5 Å². The molecule has 0 aromatic heterocycles. The zero-order chi connectivity index (χ0) is 21.9. The van der Waals surface area contributed by atoms with Crippen LogP contribution in [0, 0.1) is 13.8 Å². The maximum Gasteiger partial charge on any atom is 0.410 e. The summed E-state index contributed by atoms with van der Waals surface area (Å²) in [7, 11) is 0. The fourth-order valence-corrected chi connectivity index (χ4v) is 3.69. The predicted molar refractivity (Wildman–Crippen MR) is 114 cm³/mol. The van der Waals surface area contributed by atoms with E-state index in [1.165, 1.54) is 13.8 Å². The number of amides is 1. The standard InChI is InChI=1S/C24H29NO5/c1-16-12-20(13-17(2)21(16)30-24(3,4)22(26)27)19-10-11-25(14-19)23(28)29-15-18-8-6-5-7-9-18/h5-9,12-13,19H,10-11,14-15H2,1-4H3,(H,26,27). The molecule has 0 saturated carbocycles. The average Bonchev–Trinajstić information content (AvgIpc) is 3.20. The molecule has 1 unspecified atom stereocenters. The molecule has 1 heterocycles. The Hall–Kier alpha value is -3.02. The first-order valence-electron chi connectivity index (χ1n) is 10.2. The maximum absolute atomic E-state index is 12.4. The number of hydrogen-bond acceptors (Lipinski definition) is 4. The van der Waals surface area contributed by atoms with Crippen LogP contribution in [-0.4, -0.2) is 40.8 Å². The number of hydrogen-bond donors (Lipinski definition) is 1. The minimum absolute atomic E-state index is 0.216. The van der Waals surface area contributed by atoms with Crippen LogP contribution < -0.4 is 4.74 Å². The maximum atomic E-state index is 12.4. The molecule has 0 spiro atoms. The fraction of sp³-hybridized carbons (Fsp3) is 0.417. The van der Waals surface area contributed by atoms with Crippen LogP contribution in [0.4, 0.5) is 4.79 Å². The number of carbonyl (C=O) groups excluding carboxylic acids is 1. The summed E-state index contributed by atoms with van der Waals surface area (Å²) >= 11 is 0. The van der Waals surface area contributed by atoms with Crippen molar-refractivity contribution in [1.29, 1.82) is 0 Å². The van der Waals surface area contributed by atoms with Gasteiger partial charge in [0.15, 0.2) is 5.60 Å². The number of carboxylic acids is 1. The summed E-state index contributed by atoms with van der Waals surface area (Å²) in [5.74, 6) is -0.192. The fourth-order valence-electron chi connectivity index (χ4n) is 3.69. The molecule has 2 aromatic carbocycles. The summed E-state index contributed by atoms with van der Waals surface area (Å²) in [6.07, 6.45) is 0.568. The second-order valence-electron chi connectivity index (χ2n) is 8.37. The lowest BCUT2D eigenvalue weighted by atomic mass is 9.94. The first kappa shape index (κ1) is 21.7. The van der Waals surface area contributed by atoms with Crippen LogP contribution in [0.3, 0.4) is 0 Å². The zero-order valence-electron chi connectivity index (χ0n) is 18.0. The van der Waals surface area contributed by atoms with Gasteiger partial charge >= 0.3 is 12.1 Å². The van der Waals surface area contributed by atoms with Crippen molar-refractivity contribution in [1.82, 2.24) is 4.90 Å². The number of benzene rings is 2. The number of nitrogens with zero attached hydrogens (tertiary/aromatic N) is 1. The van der Waals surface area contributed by atoms with Crippen molar-refractivity contribution < 1.29 is 24.2 Å². The minimum Gasteiger partial charge on any atom is -0.478 e. The molecule has 1 fully saturated rings. The Bertz CT molecular complexity index is 899. The molecule has 0 bridgehead atoms. The molecule has 1 amide bonds. The molecular formula is C24H29NO5. The van der Waals surface area contributed by atoms with Gasteiger partial charge in [-0.3, -0.25) is 0 Å². The monoisotopic (exact) mass is 411 g/mol. The summed E-state index contributed by atoms with van der Waals surface area (Å²) in [5.41, 5.74) is 2.58. The van der Waals surface area contributed by atoms with E-state index < -0.39 is 11.6 Å². The SMILES string of the molecule is Cc1cc(C2CCN(C(=O)OCc3ccccc3)C2)cc(C)c1OC(C)(C)C(=O)O. The second-order valence-corrected chi connectivity index (χ2v) is 8.37. The first-order valence-corrected chi connectivity index (χ1v) is 10.2. The third kappa shape index (κ3) is 4.93. The lowest BCUT2D eigenvalue weighted by Gasteiger charge is -2.25. The quantitative estimate of drug-likeness (QED) is 0.747. The third-order valence-electron chi connectivity index (χ3n) is 5.48. The summed E-state index contributed by atoms with van der Waals surface area (Å²) < 4.78 is 11.2. The van der Waals surface area contributed by atoms with Gasteiger partial charge in [0.2, 0.25) is 0 Å². The van der Waals surface area contributed by atoms with Gasteiger partial charge in [-0.25, -0.2) is 9.59 Å². The molecular weight excluding hydrogens is 382 g/mol. The number of carbonyl (C=O) groups is 2. The molecule has 1 aliphatic rings. The highest BCUT2D eigenvalue weighted by Gasteiger charge is 2.32. The van der Waals surface area contributed by atoms with Crippen molar-refractivity contribution in [3.8, 4) is 5.75 Å². The number of ether oxygens (including phenoxy) is 2. The topological polar surface area (TPSA) is 76.1 Å². The van der Waals surface area contributed by atoms with Crippen molar-refractivity contribution in [2.75, 3.05) is 13.1 Å². The van der Waals surface area contributed by atoms with E-state index in [4.69, 9.17) is 9.47 Å². The highest BCUT2D eigenvalue weighted by Crippen LogP contribution is 2.34. The number of carboxylic acid groups (broad SMARTS) is 1. The van der Waals surface area contributed by atoms with Gasteiger partial charge in [-0.2, -0.15) is 0 Å². The summed E-state index contributed by atoms with van der Waals surface area (Å²) in [4.78, 5) is 25.6. The average molecular weight is 411 g/mol. The molecule has 1 aliphatic heterocycles. The normalized spacial score (nSPS) is 16.4. The number of aryl methyl sites for hydroxylation is 2. The molecule has 0 aliphatic carbocycles. The number of likely N-dealkylation sites (tertiary alicyclic amines) is 1. The molecule has 6 nitrogen and oxygen atoms in total. The van der Waals surface area contributed by atoms with Crippen LogP contribution in [0.2, 0.25) is 0 Å². The lowest BCUT2D eigenvalue weighted by Crippen LogP contribution is -2.38. The van der Waals surface area contributed by atoms with E-state index in [9.17, 15) is 14.7 Å². The zero-order valence-corrected chi connectivity index (χ0v) is 18.0. The molecule has 160 valence electrons. The predicted octanol–water partition coefficient (Wildman–Crippen LogP) is 4.67. The van der Waals surface area contributed by atoms with Gasteiger partial charge in [0.25, 0.3) is 0 Å².